The summed E-state index contributed by atoms with van der Waals surface area (Å²) in [6.07, 6.45) is 2.14. The molecular formula is C15H17ClN2O3S. The van der Waals surface area contributed by atoms with Gasteiger partial charge in [-0.25, -0.2) is 0 Å². The van der Waals surface area contributed by atoms with Crippen LogP contribution in [0.1, 0.15) is 12.8 Å². The van der Waals surface area contributed by atoms with Crippen molar-refractivity contribution in [1.29, 1.82) is 5.26 Å². The number of rotatable bonds is 7. The summed E-state index contributed by atoms with van der Waals surface area (Å²) in [5.74, 6) is 0.874. The van der Waals surface area contributed by atoms with E-state index in [2.05, 4.69) is 5.32 Å². The summed E-state index contributed by atoms with van der Waals surface area (Å²) in [5, 5.41) is 11.8. The van der Waals surface area contributed by atoms with Crippen molar-refractivity contribution in [2.24, 2.45) is 0 Å². The van der Waals surface area contributed by atoms with Crippen molar-refractivity contribution in [2.45, 2.75) is 18.9 Å². The van der Waals surface area contributed by atoms with Crippen LogP contribution in [-0.2, 0) is 9.53 Å². The predicted molar refractivity (Wildman–Crippen MR) is 87.5 cm³/mol. The number of amides is 1. The number of nitriles is 1. The van der Waals surface area contributed by atoms with Gasteiger partial charge in [-0.05, 0) is 31.0 Å². The molecule has 0 radical (unpaired) electrons. The van der Waals surface area contributed by atoms with Gasteiger partial charge in [0.15, 0.2) is 0 Å². The van der Waals surface area contributed by atoms with Crippen LogP contribution >= 0.6 is 23.4 Å². The number of nitrogens with one attached hydrogen (secondary N) is 1. The van der Waals surface area contributed by atoms with E-state index in [1.807, 2.05) is 6.07 Å². The molecular weight excluding hydrogens is 324 g/mol. The molecule has 118 valence electrons. The Labute approximate surface area is 138 Å². The molecule has 0 saturated carbocycles. The van der Waals surface area contributed by atoms with Gasteiger partial charge in [0, 0.05) is 11.6 Å². The number of hydrogen-bond acceptors (Lipinski definition) is 5. The molecule has 0 bridgehead atoms. The smallest absolute Gasteiger partial charge is 0.234 e. The fourth-order valence-corrected chi connectivity index (χ4v) is 2.68. The van der Waals surface area contributed by atoms with Crippen molar-refractivity contribution in [3.8, 4) is 11.8 Å². The van der Waals surface area contributed by atoms with E-state index in [0.29, 0.717) is 23.1 Å². The van der Waals surface area contributed by atoms with Crippen LogP contribution in [0.5, 0.6) is 5.75 Å². The van der Waals surface area contributed by atoms with E-state index in [1.165, 1.54) is 11.8 Å². The van der Waals surface area contributed by atoms with Crippen LogP contribution in [0.3, 0.4) is 0 Å². The Kier molecular flexibility index (Phi) is 6.84. The number of ether oxygens (including phenoxy) is 2. The lowest BCUT2D eigenvalue weighted by Crippen LogP contribution is -2.18. The van der Waals surface area contributed by atoms with Crippen LogP contribution in [0.2, 0.25) is 5.02 Å². The average molecular weight is 341 g/mol. The molecule has 1 aliphatic rings. The second-order valence-corrected chi connectivity index (χ2v) is 6.21. The van der Waals surface area contributed by atoms with Gasteiger partial charge in [0.25, 0.3) is 0 Å². The quantitative estimate of drug-likeness (QED) is 0.772. The zero-order chi connectivity index (χ0) is 15.8. The maximum Gasteiger partial charge on any atom is 0.234 e. The fourth-order valence-electron chi connectivity index (χ4n) is 2.06. The lowest BCUT2D eigenvalue weighted by molar-refractivity contribution is -0.113. The minimum absolute atomic E-state index is 0.102. The van der Waals surface area contributed by atoms with E-state index in [1.54, 1.807) is 18.2 Å². The maximum atomic E-state index is 11.8. The van der Waals surface area contributed by atoms with Gasteiger partial charge in [-0.2, -0.15) is 5.26 Å². The van der Waals surface area contributed by atoms with Crippen LogP contribution in [0.15, 0.2) is 18.2 Å². The molecule has 22 heavy (non-hydrogen) atoms. The van der Waals surface area contributed by atoms with Crippen LogP contribution in [0.4, 0.5) is 5.69 Å². The molecule has 5 nitrogen and oxygen atoms in total. The zero-order valence-electron chi connectivity index (χ0n) is 12.0. The number of carbonyl (C=O) groups excluding carboxylic acids is 1. The first-order chi connectivity index (χ1) is 10.7. The van der Waals surface area contributed by atoms with Gasteiger partial charge in [-0.15, -0.1) is 11.8 Å². The van der Waals surface area contributed by atoms with E-state index in [-0.39, 0.29) is 23.5 Å². The van der Waals surface area contributed by atoms with Gasteiger partial charge in [0.2, 0.25) is 5.91 Å². The first-order valence-electron chi connectivity index (χ1n) is 6.97. The molecule has 1 aromatic rings. The largest absolute Gasteiger partial charge is 0.489 e. The molecule has 1 N–H and O–H groups in total. The summed E-state index contributed by atoms with van der Waals surface area (Å²) < 4.78 is 11.3. The lowest BCUT2D eigenvalue weighted by atomic mass is 10.2. The molecule has 7 heteroatoms. The first-order valence-corrected chi connectivity index (χ1v) is 8.51. The van der Waals surface area contributed by atoms with Gasteiger partial charge in [-0.3, -0.25) is 4.79 Å². The standard InChI is InChI=1S/C15H17ClN2O3S/c16-11-3-4-14(21-9-12-2-1-6-20-12)13(8-11)18-15(19)10-22-7-5-17/h3-4,8,12H,1-2,6-7,9-10H2,(H,18,19)/t12-/m0/s1. The highest BCUT2D eigenvalue weighted by Crippen LogP contribution is 2.29. The van der Waals surface area contributed by atoms with Gasteiger partial charge >= 0.3 is 0 Å². The molecule has 1 atom stereocenters. The summed E-state index contributed by atoms with van der Waals surface area (Å²) in [6.45, 7) is 1.22. The molecule has 0 unspecified atom stereocenters. The fraction of sp³-hybridized carbons (Fsp3) is 0.467. The summed E-state index contributed by atoms with van der Waals surface area (Å²) >= 11 is 7.23. The molecule has 1 amide bonds. The van der Waals surface area contributed by atoms with E-state index in [0.717, 1.165) is 19.4 Å². The van der Waals surface area contributed by atoms with Crippen molar-refractivity contribution in [2.75, 3.05) is 30.0 Å². The number of thioether (sulfide) groups is 1. The zero-order valence-corrected chi connectivity index (χ0v) is 13.6. The van der Waals surface area contributed by atoms with Gasteiger partial charge < -0.3 is 14.8 Å². The molecule has 1 fully saturated rings. The van der Waals surface area contributed by atoms with E-state index in [4.69, 9.17) is 26.3 Å². The summed E-state index contributed by atoms with van der Waals surface area (Å²) in [7, 11) is 0. The molecule has 1 saturated heterocycles. The minimum Gasteiger partial charge on any atom is -0.489 e. The Morgan fingerprint density at radius 1 is 1.59 bits per heavy atom. The molecule has 0 aromatic heterocycles. The Morgan fingerprint density at radius 2 is 2.45 bits per heavy atom. The Bertz CT molecular complexity index is 556. The lowest BCUT2D eigenvalue weighted by Gasteiger charge is -2.15. The van der Waals surface area contributed by atoms with E-state index >= 15 is 0 Å². The minimum atomic E-state index is -0.190. The number of nitrogens with zero attached hydrogens (tertiary/aromatic N) is 1. The van der Waals surface area contributed by atoms with Crippen molar-refractivity contribution in [3.05, 3.63) is 23.2 Å². The molecule has 1 aliphatic heterocycles. The van der Waals surface area contributed by atoms with Crippen molar-refractivity contribution in [1.82, 2.24) is 0 Å². The van der Waals surface area contributed by atoms with Crippen LogP contribution in [0, 0.1) is 11.3 Å². The Balaban J connectivity index is 1.94. The third-order valence-electron chi connectivity index (χ3n) is 3.06. The van der Waals surface area contributed by atoms with Gasteiger partial charge in [0.1, 0.15) is 12.4 Å². The molecule has 0 aliphatic carbocycles. The predicted octanol–water partition coefficient (Wildman–Crippen LogP) is 3.09. The number of hydrogen-bond donors (Lipinski definition) is 1. The average Bonchev–Trinajstić information content (AvgIpc) is 3.00. The second kappa shape index (κ2) is 8.89. The Morgan fingerprint density at radius 3 is 3.18 bits per heavy atom. The highest BCUT2D eigenvalue weighted by molar-refractivity contribution is 8.00. The van der Waals surface area contributed by atoms with Crippen LogP contribution < -0.4 is 10.1 Å². The monoisotopic (exact) mass is 340 g/mol. The third-order valence-corrected chi connectivity index (χ3v) is 4.10. The highest BCUT2D eigenvalue weighted by Gasteiger charge is 2.17. The third kappa shape index (κ3) is 5.41. The highest BCUT2D eigenvalue weighted by atomic mass is 35.5. The van der Waals surface area contributed by atoms with Crippen LogP contribution in [-0.4, -0.2) is 36.7 Å². The maximum absolute atomic E-state index is 11.8. The number of anilines is 1. The summed E-state index contributed by atoms with van der Waals surface area (Å²) in [5.41, 5.74) is 0.535. The molecule has 2 rings (SSSR count). The number of halogens is 1. The van der Waals surface area contributed by atoms with Gasteiger partial charge in [0.05, 0.1) is 29.4 Å². The van der Waals surface area contributed by atoms with E-state index < -0.39 is 0 Å². The Hall–Kier alpha value is -1.42. The first kappa shape index (κ1) is 16.9. The molecule has 1 heterocycles. The summed E-state index contributed by atoms with van der Waals surface area (Å²) in [6, 6.07) is 7.08. The van der Waals surface area contributed by atoms with E-state index in [9.17, 15) is 4.79 Å². The van der Waals surface area contributed by atoms with Crippen LogP contribution in [0.25, 0.3) is 0 Å². The molecule has 1 aromatic carbocycles. The van der Waals surface area contributed by atoms with Gasteiger partial charge in [-0.1, -0.05) is 11.6 Å². The number of carbonyl (C=O) groups is 1. The van der Waals surface area contributed by atoms with Crippen molar-refractivity contribution in [3.63, 3.8) is 0 Å². The SMILES string of the molecule is N#CCSCC(=O)Nc1cc(Cl)ccc1OC[C@@H]1CCCO1. The number of benzene rings is 1. The second-order valence-electron chi connectivity index (χ2n) is 4.79. The summed E-state index contributed by atoms with van der Waals surface area (Å²) in [4.78, 5) is 11.8. The topological polar surface area (TPSA) is 71.4 Å². The van der Waals surface area contributed by atoms with Crippen molar-refractivity contribution < 1.29 is 14.3 Å². The molecule has 0 spiro atoms. The van der Waals surface area contributed by atoms with Crippen molar-refractivity contribution >= 4 is 35.0 Å². The normalized spacial score (nSPS) is 17.0.